The summed E-state index contributed by atoms with van der Waals surface area (Å²) < 4.78 is 0. The highest BCUT2D eigenvalue weighted by Gasteiger charge is 2.33. The van der Waals surface area contributed by atoms with Gasteiger partial charge in [-0.2, -0.15) is 0 Å². The number of benzene rings is 1. The Labute approximate surface area is 159 Å². The van der Waals surface area contributed by atoms with Gasteiger partial charge in [0.2, 0.25) is 0 Å². The third-order valence-corrected chi connectivity index (χ3v) is 5.30. The van der Waals surface area contributed by atoms with Crippen molar-refractivity contribution in [1.29, 1.82) is 0 Å². The minimum atomic E-state index is -0.273. The van der Waals surface area contributed by atoms with Gasteiger partial charge < -0.3 is 20.4 Å². The zero-order chi connectivity index (χ0) is 17.2. The third kappa shape index (κ3) is 3.71. The summed E-state index contributed by atoms with van der Waals surface area (Å²) in [6.07, 6.45) is 0.897. The molecule has 0 radical (unpaired) electrons. The first-order chi connectivity index (χ1) is 12.2. The van der Waals surface area contributed by atoms with E-state index in [0.29, 0.717) is 11.1 Å². The van der Waals surface area contributed by atoms with Crippen LogP contribution in [0.25, 0.3) is 0 Å². The fourth-order valence-corrected chi connectivity index (χ4v) is 3.95. The number of nitrogens with zero attached hydrogens (tertiary/aromatic N) is 2. The van der Waals surface area contributed by atoms with E-state index in [1.165, 1.54) is 5.56 Å². The molecular weight excluding hydrogens is 354 g/mol. The van der Waals surface area contributed by atoms with Gasteiger partial charge in [0.1, 0.15) is 0 Å². The highest BCUT2D eigenvalue weighted by molar-refractivity contribution is 6.24. The molecule has 0 saturated carbocycles. The number of anilines is 1. The van der Waals surface area contributed by atoms with E-state index in [1.807, 2.05) is 12.1 Å². The summed E-state index contributed by atoms with van der Waals surface area (Å²) in [5, 5.41) is 9.18. The summed E-state index contributed by atoms with van der Waals surface area (Å²) in [4.78, 5) is 29.2. The Morgan fingerprint density at radius 2 is 1.54 bits per heavy atom. The third-order valence-electron chi connectivity index (χ3n) is 5.30. The molecule has 0 aliphatic carbocycles. The van der Waals surface area contributed by atoms with Crippen LogP contribution in [0.15, 0.2) is 12.1 Å². The summed E-state index contributed by atoms with van der Waals surface area (Å²) in [7, 11) is 0. The maximum Gasteiger partial charge on any atom is 0.261 e. The number of nitrogens with one attached hydrogen (secondary N) is 3. The maximum atomic E-state index is 12.4. The molecule has 8 heteroatoms. The van der Waals surface area contributed by atoms with Crippen LogP contribution in [0.2, 0.25) is 0 Å². The molecular formula is C18H26ClN5O2. The molecule has 7 nitrogen and oxygen atoms in total. The highest BCUT2D eigenvalue weighted by Crippen LogP contribution is 2.32. The maximum absolute atomic E-state index is 12.4. The number of hydrogen-bond acceptors (Lipinski definition) is 6. The van der Waals surface area contributed by atoms with E-state index < -0.39 is 0 Å². The average molecular weight is 380 g/mol. The van der Waals surface area contributed by atoms with Crippen LogP contribution in [-0.2, 0) is 6.42 Å². The average Bonchev–Trinajstić information content (AvgIpc) is 2.95. The number of halogens is 1. The van der Waals surface area contributed by atoms with Crippen molar-refractivity contribution in [2.75, 3.05) is 63.8 Å². The number of fused-ring (bicyclic) bond motifs is 1. The highest BCUT2D eigenvalue weighted by atomic mass is 35.5. The molecule has 3 aliphatic rings. The van der Waals surface area contributed by atoms with Gasteiger partial charge >= 0.3 is 0 Å². The molecule has 142 valence electrons. The summed E-state index contributed by atoms with van der Waals surface area (Å²) in [5.41, 5.74) is 3.23. The van der Waals surface area contributed by atoms with Crippen LogP contribution in [0.1, 0.15) is 26.3 Å². The van der Waals surface area contributed by atoms with E-state index in [1.54, 1.807) is 0 Å². The lowest BCUT2D eigenvalue weighted by Gasteiger charge is -2.33. The van der Waals surface area contributed by atoms with E-state index in [0.717, 1.165) is 71.0 Å². The van der Waals surface area contributed by atoms with Gasteiger partial charge in [0.25, 0.3) is 11.8 Å². The van der Waals surface area contributed by atoms with Crippen LogP contribution >= 0.6 is 12.4 Å². The molecule has 0 atom stereocenters. The van der Waals surface area contributed by atoms with Crippen molar-refractivity contribution >= 4 is 29.9 Å². The monoisotopic (exact) mass is 379 g/mol. The predicted molar refractivity (Wildman–Crippen MR) is 104 cm³/mol. The summed E-state index contributed by atoms with van der Waals surface area (Å²) in [6, 6.07) is 3.85. The lowest BCUT2D eigenvalue weighted by atomic mass is 9.98. The predicted octanol–water partition coefficient (Wildman–Crippen LogP) is -0.151. The second-order valence-electron chi connectivity index (χ2n) is 6.86. The first-order valence-corrected chi connectivity index (χ1v) is 9.14. The Morgan fingerprint density at radius 3 is 2.23 bits per heavy atom. The molecule has 0 spiro atoms. The van der Waals surface area contributed by atoms with Gasteiger partial charge in [-0.1, -0.05) is 6.07 Å². The van der Waals surface area contributed by atoms with Crippen molar-refractivity contribution in [3.8, 4) is 0 Å². The van der Waals surface area contributed by atoms with Crippen molar-refractivity contribution in [3.63, 3.8) is 0 Å². The van der Waals surface area contributed by atoms with Crippen LogP contribution in [-0.4, -0.2) is 75.6 Å². The van der Waals surface area contributed by atoms with Crippen molar-refractivity contribution in [2.45, 2.75) is 6.42 Å². The first-order valence-electron chi connectivity index (χ1n) is 9.14. The molecule has 2 saturated heterocycles. The molecule has 3 aliphatic heterocycles. The molecule has 2 fully saturated rings. The van der Waals surface area contributed by atoms with Crippen LogP contribution < -0.4 is 20.9 Å². The second-order valence-corrected chi connectivity index (χ2v) is 6.86. The standard InChI is InChI=1S/C18H25N5O2.ClH/c24-17-14-2-1-13(3-8-22-9-4-19-5-10-22)16(15(14)18(25)21-17)23-11-6-20-7-12-23;/h1-2,19-20H,3-12H2,(H,21,24,25);1H. The molecule has 1 aromatic rings. The van der Waals surface area contributed by atoms with Gasteiger partial charge in [-0.25, -0.2) is 0 Å². The van der Waals surface area contributed by atoms with Crippen molar-refractivity contribution < 1.29 is 9.59 Å². The minimum absolute atomic E-state index is 0. The summed E-state index contributed by atoms with van der Waals surface area (Å²) in [6.45, 7) is 8.69. The van der Waals surface area contributed by atoms with E-state index in [4.69, 9.17) is 0 Å². The second kappa shape index (κ2) is 8.35. The van der Waals surface area contributed by atoms with Crippen molar-refractivity contribution in [2.24, 2.45) is 0 Å². The lowest BCUT2D eigenvalue weighted by molar-refractivity contribution is 0.0880. The normalized spacial score (nSPS) is 20.5. The van der Waals surface area contributed by atoms with Crippen LogP contribution in [0.4, 0.5) is 5.69 Å². The zero-order valence-corrected chi connectivity index (χ0v) is 15.7. The van der Waals surface area contributed by atoms with E-state index in [9.17, 15) is 9.59 Å². The molecule has 26 heavy (non-hydrogen) atoms. The van der Waals surface area contributed by atoms with Gasteiger partial charge in [-0.15, -0.1) is 12.4 Å². The number of piperazine rings is 2. The van der Waals surface area contributed by atoms with Crippen molar-refractivity contribution in [1.82, 2.24) is 20.9 Å². The molecule has 3 N–H and O–H groups in total. The van der Waals surface area contributed by atoms with Crippen molar-refractivity contribution in [3.05, 3.63) is 28.8 Å². The van der Waals surface area contributed by atoms with Gasteiger partial charge in [0.05, 0.1) is 16.8 Å². The molecule has 2 amide bonds. The van der Waals surface area contributed by atoms with Gasteiger partial charge in [-0.3, -0.25) is 14.9 Å². The lowest BCUT2D eigenvalue weighted by Crippen LogP contribution is -2.45. The van der Waals surface area contributed by atoms with Crippen LogP contribution in [0, 0.1) is 0 Å². The van der Waals surface area contributed by atoms with Crippen LogP contribution in [0.3, 0.4) is 0 Å². The molecule has 1 aromatic carbocycles. The quantitative estimate of drug-likeness (QED) is 0.632. The van der Waals surface area contributed by atoms with E-state index in [-0.39, 0.29) is 24.2 Å². The first kappa shape index (κ1) is 19.1. The minimum Gasteiger partial charge on any atom is -0.368 e. The molecule has 4 rings (SSSR count). The number of imide groups is 1. The zero-order valence-electron chi connectivity index (χ0n) is 14.8. The topological polar surface area (TPSA) is 76.7 Å². The number of carbonyl (C=O) groups excluding carboxylic acids is 2. The fraction of sp³-hybridized carbons (Fsp3) is 0.556. The Morgan fingerprint density at radius 1 is 0.885 bits per heavy atom. The number of carbonyl (C=O) groups is 2. The molecule has 0 bridgehead atoms. The molecule has 0 unspecified atom stereocenters. The van der Waals surface area contributed by atoms with Gasteiger partial charge in [0.15, 0.2) is 0 Å². The number of amides is 2. The number of rotatable bonds is 4. The van der Waals surface area contributed by atoms with Gasteiger partial charge in [0, 0.05) is 58.9 Å². The van der Waals surface area contributed by atoms with E-state index >= 15 is 0 Å². The largest absolute Gasteiger partial charge is 0.368 e. The Hall–Kier alpha value is -1.67. The Balaban J connectivity index is 0.00000196. The Kier molecular flexibility index (Phi) is 6.13. The van der Waals surface area contributed by atoms with E-state index in [2.05, 4.69) is 25.8 Å². The molecule has 0 aromatic heterocycles. The Bertz CT molecular complexity index is 684. The van der Waals surface area contributed by atoms with Crippen LogP contribution in [0.5, 0.6) is 0 Å². The van der Waals surface area contributed by atoms with Gasteiger partial charge in [-0.05, 0) is 18.1 Å². The SMILES string of the molecule is Cl.O=C1NC(=O)c2c1ccc(CCN1CCNCC1)c2N1CCNCC1. The smallest absolute Gasteiger partial charge is 0.261 e. The molecule has 3 heterocycles. The summed E-state index contributed by atoms with van der Waals surface area (Å²) >= 11 is 0. The summed E-state index contributed by atoms with van der Waals surface area (Å²) in [5.74, 6) is -0.525. The number of hydrogen-bond donors (Lipinski definition) is 3. The fourth-order valence-electron chi connectivity index (χ4n) is 3.95.